The summed E-state index contributed by atoms with van der Waals surface area (Å²) in [4.78, 5) is 13.5. The molecule has 1 heterocycles. The van der Waals surface area contributed by atoms with Gasteiger partial charge < -0.3 is 15.1 Å². The van der Waals surface area contributed by atoms with Crippen LogP contribution < -0.4 is 10.2 Å². The molecule has 0 saturated carbocycles. The maximum absolute atomic E-state index is 4.56. The van der Waals surface area contributed by atoms with Crippen LogP contribution in [0, 0.1) is 0 Å². The van der Waals surface area contributed by atoms with Crippen molar-refractivity contribution in [3.05, 3.63) is 11.9 Å². The second-order valence-electron chi connectivity index (χ2n) is 5.76. The molecule has 1 N–H and O–H groups in total. The lowest BCUT2D eigenvalue weighted by molar-refractivity contribution is 0.372. The molecule has 0 radical (unpaired) electrons. The van der Waals surface area contributed by atoms with Crippen molar-refractivity contribution >= 4 is 11.6 Å². The molecule has 0 spiro atoms. The Kier molecular flexibility index (Phi) is 6.20. The topological polar surface area (TPSA) is 44.3 Å². The number of rotatable bonds is 7. The first kappa shape index (κ1) is 16.7. The van der Waals surface area contributed by atoms with Crippen LogP contribution in [-0.4, -0.2) is 55.1 Å². The standard InChI is InChI=1S/C15H29N5/c1-8-20(12(4)9-19(6)7)15-13(11(2)3)14(16-5)17-10-18-15/h10-12H,8-9H2,1-7H3,(H,16,17,18). The van der Waals surface area contributed by atoms with E-state index in [1.54, 1.807) is 6.33 Å². The van der Waals surface area contributed by atoms with E-state index >= 15 is 0 Å². The Morgan fingerprint density at radius 2 is 1.85 bits per heavy atom. The fourth-order valence-corrected chi connectivity index (χ4v) is 2.64. The lowest BCUT2D eigenvalue weighted by Crippen LogP contribution is -2.41. The van der Waals surface area contributed by atoms with Crippen LogP contribution in [0.3, 0.4) is 0 Å². The lowest BCUT2D eigenvalue weighted by atomic mass is 10.0. The molecular weight excluding hydrogens is 250 g/mol. The second kappa shape index (κ2) is 7.43. The minimum absolute atomic E-state index is 0.384. The quantitative estimate of drug-likeness (QED) is 0.830. The predicted molar refractivity (Wildman–Crippen MR) is 86.7 cm³/mol. The summed E-state index contributed by atoms with van der Waals surface area (Å²) in [5.41, 5.74) is 1.20. The van der Waals surface area contributed by atoms with E-state index in [-0.39, 0.29) is 0 Å². The summed E-state index contributed by atoms with van der Waals surface area (Å²) in [7, 11) is 6.12. The van der Waals surface area contributed by atoms with Crippen LogP contribution in [0.25, 0.3) is 0 Å². The number of aromatic nitrogens is 2. The van der Waals surface area contributed by atoms with Crippen molar-refractivity contribution in [1.82, 2.24) is 14.9 Å². The van der Waals surface area contributed by atoms with Crippen molar-refractivity contribution in [3.63, 3.8) is 0 Å². The molecule has 114 valence electrons. The third kappa shape index (κ3) is 3.82. The molecular formula is C15H29N5. The first-order valence-electron chi connectivity index (χ1n) is 7.36. The van der Waals surface area contributed by atoms with Gasteiger partial charge in [-0.05, 0) is 33.9 Å². The summed E-state index contributed by atoms with van der Waals surface area (Å²) in [6, 6.07) is 0.409. The first-order valence-corrected chi connectivity index (χ1v) is 7.36. The average Bonchev–Trinajstić information content (AvgIpc) is 2.37. The van der Waals surface area contributed by atoms with Gasteiger partial charge in [0.25, 0.3) is 0 Å². The Balaban J connectivity index is 3.21. The fraction of sp³-hybridized carbons (Fsp3) is 0.733. The highest BCUT2D eigenvalue weighted by molar-refractivity contribution is 5.60. The Hall–Kier alpha value is -1.36. The number of nitrogens with zero attached hydrogens (tertiary/aromatic N) is 4. The van der Waals surface area contributed by atoms with Crippen molar-refractivity contribution in [2.75, 3.05) is 44.4 Å². The van der Waals surface area contributed by atoms with Crippen LogP contribution in [-0.2, 0) is 0 Å². The highest BCUT2D eigenvalue weighted by Crippen LogP contribution is 2.31. The van der Waals surface area contributed by atoms with Gasteiger partial charge in [0.2, 0.25) is 0 Å². The molecule has 0 amide bonds. The van der Waals surface area contributed by atoms with E-state index in [1.165, 1.54) is 5.56 Å². The van der Waals surface area contributed by atoms with Crippen molar-refractivity contribution < 1.29 is 0 Å². The minimum Gasteiger partial charge on any atom is -0.373 e. The van der Waals surface area contributed by atoms with Crippen molar-refractivity contribution in [2.45, 2.75) is 39.7 Å². The fourth-order valence-electron chi connectivity index (χ4n) is 2.64. The molecule has 0 aliphatic heterocycles. The zero-order valence-electron chi connectivity index (χ0n) is 13.9. The van der Waals surface area contributed by atoms with E-state index in [2.05, 4.69) is 66.9 Å². The van der Waals surface area contributed by atoms with E-state index in [9.17, 15) is 0 Å². The molecule has 1 rings (SSSR count). The normalized spacial score (nSPS) is 12.8. The molecule has 0 aromatic carbocycles. The van der Waals surface area contributed by atoms with E-state index in [0.717, 1.165) is 24.7 Å². The van der Waals surface area contributed by atoms with Crippen LogP contribution in [0.15, 0.2) is 6.33 Å². The second-order valence-corrected chi connectivity index (χ2v) is 5.76. The van der Waals surface area contributed by atoms with Gasteiger partial charge in [0.05, 0.1) is 0 Å². The van der Waals surface area contributed by atoms with Gasteiger partial charge in [-0.1, -0.05) is 13.8 Å². The van der Waals surface area contributed by atoms with Gasteiger partial charge in [-0.3, -0.25) is 0 Å². The van der Waals surface area contributed by atoms with E-state index in [1.807, 2.05) is 7.05 Å². The van der Waals surface area contributed by atoms with Crippen LogP contribution in [0.2, 0.25) is 0 Å². The zero-order chi connectivity index (χ0) is 15.3. The van der Waals surface area contributed by atoms with Gasteiger partial charge in [0, 0.05) is 31.7 Å². The molecule has 0 aliphatic rings. The van der Waals surface area contributed by atoms with Crippen LogP contribution >= 0.6 is 0 Å². The Labute approximate surface area is 123 Å². The van der Waals surface area contributed by atoms with Crippen LogP contribution in [0.1, 0.15) is 39.2 Å². The Morgan fingerprint density at radius 3 is 2.30 bits per heavy atom. The first-order chi connectivity index (χ1) is 9.42. The van der Waals surface area contributed by atoms with Gasteiger partial charge in [-0.25, -0.2) is 9.97 Å². The minimum atomic E-state index is 0.384. The van der Waals surface area contributed by atoms with Crippen molar-refractivity contribution in [2.24, 2.45) is 0 Å². The highest BCUT2D eigenvalue weighted by atomic mass is 15.2. The van der Waals surface area contributed by atoms with Gasteiger partial charge in [0.15, 0.2) is 0 Å². The van der Waals surface area contributed by atoms with Crippen LogP contribution in [0.5, 0.6) is 0 Å². The number of hydrogen-bond donors (Lipinski definition) is 1. The third-order valence-corrected chi connectivity index (χ3v) is 3.45. The Bertz CT molecular complexity index is 417. The van der Waals surface area contributed by atoms with Crippen molar-refractivity contribution in [3.8, 4) is 0 Å². The molecule has 1 aromatic heterocycles. The number of likely N-dealkylation sites (N-methyl/N-ethyl adjacent to an activating group) is 2. The summed E-state index contributed by atoms with van der Waals surface area (Å²) in [5, 5.41) is 3.19. The predicted octanol–water partition coefficient (Wildman–Crippen LogP) is 2.42. The highest BCUT2D eigenvalue weighted by Gasteiger charge is 2.22. The van der Waals surface area contributed by atoms with Gasteiger partial charge in [-0.15, -0.1) is 0 Å². The summed E-state index contributed by atoms with van der Waals surface area (Å²) >= 11 is 0. The molecule has 1 atom stereocenters. The summed E-state index contributed by atoms with van der Waals surface area (Å²) in [6.07, 6.45) is 1.65. The number of anilines is 2. The van der Waals surface area contributed by atoms with E-state index in [4.69, 9.17) is 0 Å². The van der Waals surface area contributed by atoms with E-state index < -0.39 is 0 Å². The van der Waals surface area contributed by atoms with Gasteiger partial charge in [0.1, 0.15) is 18.0 Å². The van der Waals surface area contributed by atoms with Crippen LogP contribution in [0.4, 0.5) is 11.6 Å². The molecule has 5 nitrogen and oxygen atoms in total. The molecule has 5 heteroatoms. The number of hydrogen-bond acceptors (Lipinski definition) is 5. The molecule has 0 saturated heterocycles. The molecule has 1 unspecified atom stereocenters. The van der Waals surface area contributed by atoms with Gasteiger partial charge >= 0.3 is 0 Å². The molecule has 20 heavy (non-hydrogen) atoms. The monoisotopic (exact) mass is 279 g/mol. The lowest BCUT2D eigenvalue weighted by Gasteiger charge is -2.33. The molecule has 1 aromatic rings. The Morgan fingerprint density at radius 1 is 1.20 bits per heavy atom. The van der Waals surface area contributed by atoms with E-state index in [0.29, 0.717) is 12.0 Å². The van der Waals surface area contributed by atoms with Crippen molar-refractivity contribution in [1.29, 1.82) is 0 Å². The molecule has 0 bridgehead atoms. The maximum Gasteiger partial charge on any atom is 0.137 e. The molecule has 0 aliphatic carbocycles. The summed E-state index contributed by atoms with van der Waals surface area (Å²) in [5.74, 6) is 2.37. The maximum atomic E-state index is 4.56. The summed E-state index contributed by atoms with van der Waals surface area (Å²) in [6.45, 7) is 10.7. The third-order valence-electron chi connectivity index (χ3n) is 3.45. The SMILES string of the molecule is CCN(c1ncnc(NC)c1C(C)C)C(C)CN(C)C. The average molecular weight is 279 g/mol. The zero-order valence-corrected chi connectivity index (χ0v) is 13.9. The summed E-state index contributed by atoms with van der Waals surface area (Å²) < 4.78 is 0. The molecule has 0 fully saturated rings. The largest absolute Gasteiger partial charge is 0.373 e. The van der Waals surface area contributed by atoms with Gasteiger partial charge in [-0.2, -0.15) is 0 Å². The number of nitrogens with one attached hydrogen (secondary N) is 1. The smallest absolute Gasteiger partial charge is 0.137 e.